The molecule has 0 bridgehead atoms. The number of hydrogen-bond acceptors (Lipinski definition) is 5. The summed E-state index contributed by atoms with van der Waals surface area (Å²) in [6.45, 7) is 4.21. The van der Waals surface area contributed by atoms with E-state index >= 15 is 0 Å². The van der Waals surface area contributed by atoms with Crippen LogP contribution in [0.1, 0.15) is 37.8 Å². The number of rotatable bonds is 5. The molecule has 5 nitrogen and oxygen atoms in total. The molecular weight excluding hydrogens is 347 g/mol. The Kier molecular flexibility index (Phi) is 4.88. The van der Waals surface area contributed by atoms with Gasteiger partial charge in [0.1, 0.15) is 5.82 Å². The van der Waals surface area contributed by atoms with Gasteiger partial charge in [0.15, 0.2) is 17.1 Å². The Balaban J connectivity index is 1.49. The van der Waals surface area contributed by atoms with E-state index in [4.69, 9.17) is 9.26 Å². The molecule has 1 aromatic heterocycles. The summed E-state index contributed by atoms with van der Waals surface area (Å²) < 4.78 is 24.3. The van der Waals surface area contributed by atoms with E-state index in [0.717, 1.165) is 49.1 Å². The van der Waals surface area contributed by atoms with Crippen molar-refractivity contribution in [1.29, 1.82) is 0 Å². The highest BCUT2D eigenvalue weighted by Gasteiger charge is 2.26. The van der Waals surface area contributed by atoms with Crippen molar-refractivity contribution in [3.8, 4) is 11.5 Å². The predicted molar refractivity (Wildman–Crippen MR) is 102 cm³/mol. The van der Waals surface area contributed by atoms with Gasteiger partial charge in [-0.05, 0) is 43.5 Å². The molecule has 0 saturated carbocycles. The number of aromatic hydroxyl groups is 1. The SMILES string of the molecule is CCCOc1cccc(N2CCC(c3noc4cc(F)ccc34)CC2)c1O. The zero-order valence-electron chi connectivity index (χ0n) is 15.3. The maximum Gasteiger partial charge on any atom is 0.181 e. The van der Waals surface area contributed by atoms with E-state index in [-0.39, 0.29) is 17.5 Å². The van der Waals surface area contributed by atoms with Crippen LogP contribution < -0.4 is 9.64 Å². The van der Waals surface area contributed by atoms with Crippen LogP contribution in [0.15, 0.2) is 40.9 Å². The Hall–Kier alpha value is -2.76. The highest BCUT2D eigenvalue weighted by Crippen LogP contribution is 2.40. The number of piperidine rings is 1. The number of phenolic OH excluding ortho intramolecular Hbond substituents is 1. The molecule has 142 valence electrons. The van der Waals surface area contributed by atoms with Crippen molar-refractivity contribution in [1.82, 2.24) is 5.16 Å². The van der Waals surface area contributed by atoms with E-state index in [0.29, 0.717) is 17.9 Å². The van der Waals surface area contributed by atoms with Crippen LogP contribution in [0.3, 0.4) is 0 Å². The smallest absolute Gasteiger partial charge is 0.181 e. The molecule has 0 aliphatic carbocycles. The molecule has 1 fully saturated rings. The molecule has 1 aliphatic rings. The Bertz CT molecular complexity index is 932. The summed E-state index contributed by atoms with van der Waals surface area (Å²) in [4.78, 5) is 2.17. The van der Waals surface area contributed by atoms with Gasteiger partial charge in [0, 0.05) is 30.5 Å². The first-order valence-electron chi connectivity index (χ1n) is 9.42. The number of fused-ring (bicyclic) bond motifs is 1. The number of anilines is 1. The van der Waals surface area contributed by atoms with Crippen LogP contribution in [0.2, 0.25) is 0 Å². The summed E-state index contributed by atoms with van der Waals surface area (Å²) in [6.07, 6.45) is 2.67. The minimum Gasteiger partial charge on any atom is -0.503 e. The lowest BCUT2D eigenvalue weighted by atomic mass is 9.91. The van der Waals surface area contributed by atoms with Crippen LogP contribution >= 0.6 is 0 Å². The summed E-state index contributed by atoms with van der Waals surface area (Å²) >= 11 is 0. The molecule has 27 heavy (non-hydrogen) atoms. The second-order valence-corrected chi connectivity index (χ2v) is 6.94. The van der Waals surface area contributed by atoms with E-state index in [2.05, 4.69) is 10.1 Å². The Morgan fingerprint density at radius 1 is 1.26 bits per heavy atom. The Morgan fingerprint density at radius 3 is 2.85 bits per heavy atom. The van der Waals surface area contributed by atoms with Gasteiger partial charge in [0.25, 0.3) is 0 Å². The summed E-state index contributed by atoms with van der Waals surface area (Å²) in [5, 5.41) is 15.6. The van der Waals surface area contributed by atoms with Crippen LogP contribution in [0.5, 0.6) is 11.5 Å². The number of nitrogens with zero attached hydrogens (tertiary/aromatic N) is 2. The van der Waals surface area contributed by atoms with E-state index in [1.54, 1.807) is 12.1 Å². The van der Waals surface area contributed by atoms with E-state index < -0.39 is 0 Å². The van der Waals surface area contributed by atoms with Gasteiger partial charge in [-0.3, -0.25) is 0 Å². The lowest BCUT2D eigenvalue weighted by Gasteiger charge is -2.33. The van der Waals surface area contributed by atoms with Crippen LogP contribution in [0.25, 0.3) is 11.0 Å². The molecule has 6 heteroatoms. The Labute approximate surface area is 157 Å². The fourth-order valence-electron chi connectivity index (χ4n) is 3.71. The molecule has 0 unspecified atom stereocenters. The highest BCUT2D eigenvalue weighted by molar-refractivity contribution is 5.80. The third kappa shape index (κ3) is 3.44. The fourth-order valence-corrected chi connectivity index (χ4v) is 3.71. The van der Waals surface area contributed by atoms with Crippen molar-refractivity contribution in [2.75, 3.05) is 24.6 Å². The zero-order chi connectivity index (χ0) is 18.8. The molecule has 1 aliphatic heterocycles. The van der Waals surface area contributed by atoms with Crippen LogP contribution in [0.4, 0.5) is 10.1 Å². The standard InChI is InChI=1S/C21H23FN2O3/c1-2-12-26-18-5-3-4-17(21(18)25)24-10-8-14(9-11-24)20-16-7-6-15(22)13-19(16)27-23-20/h3-7,13-14,25H,2,8-12H2,1H3. The van der Waals surface area contributed by atoms with Crippen LogP contribution in [-0.4, -0.2) is 30.0 Å². The first kappa shape index (κ1) is 17.6. The highest BCUT2D eigenvalue weighted by atomic mass is 19.1. The minimum atomic E-state index is -0.319. The molecule has 3 aromatic rings. The molecule has 2 aromatic carbocycles. The molecule has 1 saturated heterocycles. The van der Waals surface area contributed by atoms with Crippen molar-refractivity contribution < 1.29 is 18.8 Å². The summed E-state index contributed by atoms with van der Waals surface area (Å²) in [7, 11) is 0. The van der Waals surface area contributed by atoms with Gasteiger partial charge in [-0.25, -0.2) is 4.39 Å². The Morgan fingerprint density at radius 2 is 2.07 bits per heavy atom. The lowest BCUT2D eigenvalue weighted by molar-refractivity contribution is 0.299. The second kappa shape index (κ2) is 7.47. The van der Waals surface area contributed by atoms with Crippen LogP contribution in [0, 0.1) is 5.82 Å². The molecule has 0 spiro atoms. The minimum absolute atomic E-state index is 0.201. The maximum atomic E-state index is 13.3. The first-order valence-corrected chi connectivity index (χ1v) is 9.42. The number of hydrogen-bond donors (Lipinski definition) is 1. The summed E-state index contributed by atoms with van der Waals surface area (Å²) in [5.74, 6) is 0.669. The molecule has 0 amide bonds. The summed E-state index contributed by atoms with van der Waals surface area (Å²) in [6, 6.07) is 10.2. The predicted octanol–water partition coefficient (Wildman–Crippen LogP) is 4.85. The van der Waals surface area contributed by atoms with E-state index in [1.807, 2.05) is 19.1 Å². The number of benzene rings is 2. The van der Waals surface area contributed by atoms with Crippen molar-refractivity contribution >= 4 is 16.7 Å². The van der Waals surface area contributed by atoms with E-state index in [1.165, 1.54) is 12.1 Å². The first-order chi connectivity index (χ1) is 13.2. The van der Waals surface area contributed by atoms with Crippen molar-refractivity contribution in [3.05, 3.63) is 47.9 Å². The van der Waals surface area contributed by atoms with Crippen LogP contribution in [-0.2, 0) is 0 Å². The lowest BCUT2D eigenvalue weighted by Crippen LogP contribution is -2.33. The second-order valence-electron chi connectivity index (χ2n) is 6.94. The average molecular weight is 370 g/mol. The summed E-state index contributed by atoms with van der Waals surface area (Å²) in [5.41, 5.74) is 2.19. The normalized spacial score (nSPS) is 15.4. The largest absolute Gasteiger partial charge is 0.503 e. The number of ether oxygens (including phenoxy) is 1. The maximum absolute atomic E-state index is 13.3. The molecule has 4 rings (SSSR count). The molecule has 0 atom stereocenters. The number of aromatic nitrogens is 1. The van der Waals surface area contributed by atoms with Crippen molar-refractivity contribution in [3.63, 3.8) is 0 Å². The van der Waals surface area contributed by atoms with Gasteiger partial charge in [-0.15, -0.1) is 0 Å². The average Bonchev–Trinajstić information content (AvgIpc) is 3.10. The third-order valence-corrected chi connectivity index (χ3v) is 5.12. The third-order valence-electron chi connectivity index (χ3n) is 5.12. The fraction of sp³-hybridized carbons (Fsp3) is 0.381. The van der Waals surface area contributed by atoms with Gasteiger partial charge in [0.2, 0.25) is 0 Å². The van der Waals surface area contributed by atoms with Gasteiger partial charge in [-0.2, -0.15) is 0 Å². The van der Waals surface area contributed by atoms with Gasteiger partial charge >= 0.3 is 0 Å². The molecular formula is C21H23FN2O3. The number of halogens is 1. The zero-order valence-corrected chi connectivity index (χ0v) is 15.3. The number of para-hydroxylation sites is 1. The van der Waals surface area contributed by atoms with Gasteiger partial charge in [-0.1, -0.05) is 18.1 Å². The van der Waals surface area contributed by atoms with E-state index in [9.17, 15) is 9.50 Å². The molecule has 2 heterocycles. The van der Waals surface area contributed by atoms with Gasteiger partial charge < -0.3 is 19.3 Å². The molecule has 0 radical (unpaired) electrons. The van der Waals surface area contributed by atoms with Crippen molar-refractivity contribution in [2.45, 2.75) is 32.1 Å². The monoisotopic (exact) mass is 370 g/mol. The number of phenols is 1. The quantitative estimate of drug-likeness (QED) is 0.696. The molecule has 1 N–H and O–H groups in total. The van der Waals surface area contributed by atoms with Gasteiger partial charge in [0.05, 0.1) is 18.0 Å². The van der Waals surface area contributed by atoms with Crippen molar-refractivity contribution in [2.24, 2.45) is 0 Å². The topological polar surface area (TPSA) is 58.7 Å².